The van der Waals surface area contributed by atoms with Gasteiger partial charge in [0.15, 0.2) is 0 Å². The number of nitrogens with zero attached hydrogens (tertiary/aromatic N) is 3. The van der Waals surface area contributed by atoms with Crippen LogP contribution in [0, 0.1) is 17.0 Å². The van der Waals surface area contributed by atoms with Crippen molar-refractivity contribution in [3.8, 4) is 0 Å². The third kappa shape index (κ3) is 4.15. The van der Waals surface area contributed by atoms with E-state index in [1.165, 1.54) is 17.3 Å². The lowest BCUT2D eigenvalue weighted by molar-refractivity contribution is -0.385. The predicted molar refractivity (Wildman–Crippen MR) is 94.9 cm³/mol. The molecule has 0 bridgehead atoms. The quantitative estimate of drug-likeness (QED) is 0.561. The Bertz CT molecular complexity index is 886. The third-order valence-corrected chi connectivity index (χ3v) is 6.12. The van der Waals surface area contributed by atoms with Crippen molar-refractivity contribution >= 4 is 27.3 Å². The van der Waals surface area contributed by atoms with Crippen molar-refractivity contribution in [2.75, 3.05) is 0 Å². The van der Waals surface area contributed by atoms with Crippen molar-refractivity contribution < 1.29 is 13.3 Å². The van der Waals surface area contributed by atoms with Gasteiger partial charge in [0.1, 0.15) is 0 Å². The SMILES string of the molecule is Cc1c(Cl)cc(S(=O)(=O)N(Cc2cccnc2)C(C)C)cc1[N+](=O)[O-]. The molecular weight excluding hydrogens is 366 g/mol. The summed E-state index contributed by atoms with van der Waals surface area (Å²) >= 11 is 6.02. The second kappa shape index (κ2) is 7.47. The standard InChI is InChI=1S/C16H18ClN3O4S/c1-11(2)19(10-13-5-4-6-18-9-13)25(23,24)14-7-15(17)12(3)16(8-14)20(21)22/h4-9,11H,10H2,1-3H3. The van der Waals surface area contributed by atoms with E-state index in [0.29, 0.717) is 5.56 Å². The van der Waals surface area contributed by atoms with Crippen LogP contribution < -0.4 is 0 Å². The zero-order valence-corrected chi connectivity index (χ0v) is 15.6. The van der Waals surface area contributed by atoms with Gasteiger partial charge >= 0.3 is 0 Å². The maximum Gasteiger partial charge on any atom is 0.275 e. The molecule has 7 nitrogen and oxygen atoms in total. The van der Waals surface area contributed by atoms with E-state index in [-0.39, 0.29) is 33.8 Å². The van der Waals surface area contributed by atoms with Crippen LogP contribution in [0.25, 0.3) is 0 Å². The zero-order chi connectivity index (χ0) is 18.8. The van der Waals surface area contributed by atoms with Crippen LogP contribution in [-0.2, 0) is 16.6 Å². The Labute approximate surface area is 151 Å². The fourth-order valence-corrected chi connectivity index (χ4v) is 4.28. The summed E-state index contributed by atoms with van der Waals surface area (Å²) in [5, 5.41) is 11.2. The molecule has 9 heteroatoms. The van der Waals surface area contributed by atoms with Gasteiger partial charge in [-0.15, -0.1) is 0 Å². The first kappa shape index (κ1) is 19.3. The lowest BCUT2D eigenvalue weighted by Crippen LogP contribution is -2.36. The molecule has 1 aromatic heterocycles. The van der Waals surface area contributed by atoms with Crippen LogP contribution in [0.15, 0.2) is 41.6 Å². The minimum atomic E-state index is -3.98. The summed E-state index contributed by atoms with van der Waals surface area (Å²) in [6.07, 6.45) is 3.18. The van der Waals surface area contributed by atoms with Crippen molar-refractivity contribution in [3.05, 3.63) is 62.9 Å². The molecule has 0 aliphatic heterocycles. The van der Waals surface area contributed by atoms with Crippen LogP contribution in [0.1, 0.15) is 25.0 Å². The van der Waals surface area contributed by atoms with Crippen molar-refractivity contribution in [2.45, 2.75) is 38.3 Å². The molecule has 25 heavy (non-hydrogen) atoms. The topological polar surface area (TPSA) is 93.4 Å². The van der Waals surface area contributed by atoms with Gasteiger partial charge in [-0.2, -0.15) is 4.31 Å². The highest BCUT2D eigenvalue weighted by molar-refractivity contribution is 7.89. The molecular formula is C16H18ClN3O4S. The molecule has 0 amide bonds. The Kier molecular flexibility index (Phi) is 5.76. The number of nitro groups is 1. The number of hydrogen-bond donors (Lipinski definition) is 0. The van der Waals surface area contributed by atoms with Gasteiger partial charge in [-0.25, -0.2) is 8.42 Å². The lowest BCUT2D eigenvalue weighted by Gasteiger charge is -2.26. The van der Waals surface area contributed by atoms with Gasteiger partial charge in [-0.3, -0.25) is 15.1 Å². The molecule has 2 rings (SSSR count). The van der Waals surface area contributed by atoms with Crippen molar-refractivity contribution in [2.24, 2.45) is 0 Å². The summed E-state index contributed by atoms with van der Waals surface area (Å²) in [7, 11) is -3.98. The van der Waals surface area contributed by atoms with Gasteiger partial charge in [0.25, 0.3) is 5.69 Å². The van der Waals surface area contributed by atoms with E-state index in [0.717, 1.165) is 6.07 Å². The fourth-order valence-electron chi connectivity index (χ4n) is 2.33. The third-order valence-electron chi connectivity index (χ3n) is 3.73. The van der Waals surface area contributed by atoms with Gasteiger partial charge in [0.05, 0.1) is 14.8 Å². The molecule has 1 aromatic carbocycles. The molecule has 0 N–H and O–H groups in total. The molecule has 0 radical (unpaired) electrons. The monoisotopic (exact) mass is 383 g/mol. The molecule has 0 saturated heterocycles. The number of rotatable bonds is 6. The van der Waals surface area contributed by atoms with E-state index in [9.17, 15) is 18.5 Å². The number of pyridine rings is 1. The minimum absolute atomic E-state index is 0.0397. The predicted octanol–water partition coefficient (Wildman–Crippen LogP) is 3.55. The Morgan fingerprint density at radius 2 is 2.04 bits per heavy atom. The Morgan fingerprint density at radius 1 is 1.36 bits per heavy atom. The smallest absolute Gasteiger partial charge is 0.264 e. The van der Waals surface area contributed by atoms with Crippen LogP contribution in [-0.4, -0.2) is 28.7 Å². The van der Waals surface area contributed by atoms with E-state index in [1.807, 2.05) is 0 Å². The molecule has 134 valence electrons. The maximum absolute atomic E-state index is 13.0. The number of benzene rings is 1. The molecule has 0 fully saturated rings. The minimum Gasteiger partial charge on any atom is -0.264 e. The van der Waals surface area contributed by atoms with E-state index in [2.05, 4.69) is 4.98 Å². The second-order valence-electron chi connectivity index (χ2n) is 5.81. The van der Waals surface area contributed by atoms with Gasteiger partial charge < -0.3 is 0 Å². The van der Waals surface area contributed by atoms with Crippen LogP contribution >= 0.6 is 11.6 Å². The van der Waals surface area contributed by atoms with Crippen LogP contribution in [0.5, 0.6) is 0 Å². The number of aromatic nitrogens is 1. The first-order chi connectivity index (χ1) is 11.6. The van der Waals surface area contributed by atoms with Gasteiger partial charge in [-0.05, 0) is 38.5 Å². The molecule has 1 heterocycles. The van der Waals surface area contributed by atoms with Crippen LogP contribution in [0.4, 0.5) is 5.69 Å². The van der Waals surface area contributed by atoms with E-state index >= 15 is 0 Å². The summed E-state index contributed by atoms with van der Waals surface area (Å²) in [5.74, 6) is 0. The number of sulfonamides is 1. The average molecular weight is 384 g/mol. The van der Waals surface area contributed by atoms with E-state index in [4.69, 9.17) is 11.6 Å². The summed E-state index contributed by atoms with van der Waals surface area (Å²) < 4.78 is 27.3. The van der Waals surface area contributed by atoms with Crippen molar-refractivity contribution in [3.63, 3.8) is 0 Å². The average Bonchev–Trinajstić information content (AvgIpc) is 2.55. The van der Waals surface area contributed by atoms with Gasteiger partial charge in [-0.1, -0.05) is 17.7 Å². The summed E-state index contributed by atoms with van der Waals surface area (Å²) in [6, 6.07) is 5.42. The highest BCUT2D eigenvalue weighted by atomic mass is 35.5. The molecule has 0 atom stereocenters. The highest BCUT2D eigenvalue weighted by Gasteiger charge is 2.30. The molecule has 0 aliphatic rings. The summed E-state index contributed by atoms with van der Waals surface area (Å²) in [5.41, 5.74) is 0.623. The molecule has 0 unspecified atom stereocenters. The number of hydrogen-bond acceptors (Lipinski definition) is 5. The summed E-state index contributed by atoms with van der Waals surface area (Å²) in [6.45, 7) is 5.05. The van der Waals surface area contributed by atoms with Crippen LogP contribution in [0.3, 0.4) is 0 Å². The Hall–Kier alpha value is -2.03. The number of halogens is 1. The summed E-state index contributed by atoms with van der Waals surface area (Å²) in [4.78, 5) is 14.3. The molecule has 2 aromatic rings. The maximum atomic E-state index is 13.0. The zero-order valence-electron chi connectivity index (χ0n) is 14.0. The Morgan fingerprint density at radius 3 is 2.56 bits per heavy atom. The largest absolute Gasteiger partial charge is 0.275 e. The van der Waals surface area contributed by atoms with Gasteiger partial charge in [0, 0.05) is 36.6 Å². The normalized spacial score (nSPS) is 11.9. The van der Waals surface area contributed by atoms with E-state index < -0.39 is 14.9 Å². The lowest BCUT2D eigenvalue weighted by atomic mass is 10.2. The van der Waals surface area contributed by atoms with Crippen molar-refractivity contribution in [1.29, 1.82) is 0 Å². The van der Waals surface area contributed by atoms with E-state index in [1.54, 1.807) is 38.4 Å². The number of nitro benzene ring substituents is 1. The first-order valence-electron chi connectivity index (χ1n) is 7.50. The van der Waals surface area contributed by atoms with Crippen LogP contribution in [0.2, 0.25) is 5.02 Å². The Balaban J connectivity index is 2.52. The fraction of sp³-hybridized carbons (Fsp3) is 0.312. The molecule has 0 aliphatic carbocycles. The highest BCUT2D eigenvalue weighted by Crippen LogP contribution is 2.31. The molecule has 0 spiro atoms. The molecule has 0 saturated carbocycles. The van der Waals surface area contributed by atoms with Crippen molar-refractivity contribution in [1.82, 2.24) is 9.29 Å². The second-order valence-corrected chi connectivity index (χ2v) is 8.11. The first-order valence-corrected chi connectivity index (χ1v) is 9.31. The van der Waals surface area contributed by atoms with Gasteiger partial charge in [0.2, 0.25) is 10.0 Å².